The quantitative estimate of drug-likeness (QED) is 0.827. The van der Waals surface area contributed by atoms with Crippen LogP contribution in [0.15, 0.2) is 0 Å². The Kier molecular flexibility index (Phi) is 2.87. The Balaban J connectivity index is 1.34. The lowest BCUT2D eigenvalue weighted by Gasteiger charge is -2.50. The molecule has 3 aliphatic carbocycles. The Hall–Kier alpha value is -1.10. The first kappa shape index (κ1) is 13.6. The molecule has 1 unspecified atom stereocenters. The molecule has 3 saturated carbocycles. The van der Waals surface area contributed by atoms with Gasteiger partial charge in [-0.3, -0.25) is 9.59 Å². The lowest BCUT2D eigenvalue weighted by molar-refractivity contribution is -0.182. The highest BCUT2D eigenvalue weighted by Gasteiger charge is 2.60. The molecule has 0 radical (unpaired) electrons. The van der Waals surface area contributed by atoms with E-state index in [1.807, 2.05) is 0 Å². The lowest BCUT2D eigenvalue weighted by atomic mass is 9.66. The Morgan fingerprint density at radius 3 is 2.38 bits per heavy atom. The molecular weight excluding hydrogens is 270 g/mol. The predicted molar refractivity (Wildman–Crippen MR) is 74.6 cm³/mol. The highest BCUT2D eigenvalue weighted by molar-refractivity contribution is 5.86. The Morgan fingerprint density at radius 2 is 1.81 bits per heavy atom. The molecule has 1 amide bonds. The number of aliphatic carboxylic acids is 1. The van der Waals surface area contributed by atoms with Crippen molar-refractivity contribution in [1.29, 1.82) is 0 Å². The molecule has 0 aromatic carbocycles. The van der Waals surface area contributed by atoms with Crippen LogP contribution in [0.5, 0.6) is 0 Å². The number of carbonyl (C=O) groups is 2. The monoisotopic (exact) mass is 293 g/mol. The van der Waals surface area contributed by atoms with E-state index in [-0.39, 0.29) is 28.9 Å². The number of rotatable bonds is 4. The summed E-state index contributed by atoms with van der Waals surface area (Å²) in [7, 11) is 0. The molecule has 21 heavy (non-hydrogen) atoms. The summed E-state index contributed by atoms with van der Waals surface area (Å²) in [4.78, 5) is 23.5. The third kappa shape index (κ3) is 2.26. The summed E-state index contributed by atoms with van der Waals surface area (Å²) in [6, 6.07) is 0.164. The van der Waals surface area contributed by atoms with Crippen molar-refractivity contribution in [2.45, 2.75) is 63.0 Å². The van der Waals surface area contributed by atoms with E-state index in [9.17, 15) is 9.59 Å². The highest BCUT2D eigenvalue weighted by atomic mass is 16.5. The van der Waals surface area contributed by atoms with Gasteiger partial charge in [0, 0.05) is 12.6 Å². The Labute approximate surface area is 124 Å². The van der Waals surface area contributed by atoms with E-state index in [1.165, 1.54) is 12.8 Å². The molecular formula is C16H23NO4. The van der Waals surface area contributed by atoms with Crippen LogP contribution in [0.2, 0.25) is 0 Å². The molecule has 2 N–H and O–H groups in total. The number of carboxylic acid groups (broad SMARTS) is 1. The molecule has 1 heterocycles. The predicted octanol–water partition coefficient (Wildman–Crippen LogP) is 1.71. The Bertz CT molecular complexity index is 475. The van der Waals surface area contributed by atoms with Gasteiger partial charge in [-0.25, -0.2) is 0 Å². The maximum Gasteiger partial charge on any atom is 0.306 e. The number of hydrogen-bond acceptors (Lipinski definition) is 3. The van der Waals surface area contributed by atoms with E-state index in [2.05, 4.69) is 5.32 Å². The minimum atomic E-state index is -0.721. The third-order valence-electron chi connectivity index (χ3n) is 6.01. The van der Waals surface area contributed by atoms with Gasteiger partial charge in [-0.05, 0) is 57.3 Å². The maximum atomic E-state index is 12.5. The van der Waals surface area contributed by atoms with Crippen LogP contribution >= 0.6 is 0 Å². The van der Waals surface area contributed by atoms with E-state index in [0.717, 1.165) is 25.7 Å². The first-order valence-corrected chi connectivity index (χ1v) is 8.21. The second-order valence-electron chi connectivity index (χ2n) is 7.57. The van der Waals surface area contributed by atoms with Gasteiger partial charge in [0.1, 0.15) is 0 Å². The summed E-state index contributed by atoms with van der Waals surface area (Å²) in [5.41, 5.74) is -0.315. The van der Waals surface area contributed by atoms with Crippen LogP contribution in [0, 0.1) is 17.3 Å². The topological polar surface area (TPSA) is 75.6 Å². The van der Waals surface area contributed by atoms with Crippen LogP contribution in [0.1, 0.15) is 51.4 Å². The summed E-state index contributed by atoms with van der Waals surface area (Å²) in [6.07, 6.45) is 7.37. The van der Waals surface area contributed by atoms with Crippen LogP contribution in [-0.4, -0.2) is 35.2 Å². The van der Waals surface area contributed by atoms with E-state index in [0.29, 0.717) is 25.4 Å². The molecule has 0 bridgehead atoms. The van der Waals surface area contributed by atoms with Crippen molar-refractivity contribution in [3.8, 4) is 0 Å². The second-order valence-corrected chi connectivity index (χ2v) is 7.57. The van der Waals surface area contributed by atoms with Crippen molar-refractivity contribution in [2.24, 2.45) is 17.3 Å². The maximum absolute atomic E-state index is 12.5. The second kappa shape index (κ2) is 4.45. The average Bonchev–Trinajstić information content (AvgIpc) is 3.26. The first-order valence-electron chi connectivity index (χ1n) is 8.21. The highest BCUT2D eigenvalue weighted by Crippen LogP contribution is 2.61. The van der Waals surface area contributed by atoms with E-state index in [4.69, 9.17) is 9.84 Å². The number of carbonyl (C=O) groups excluding carboxylic acids is 1. The fourth-order valence-corrected chi connectivity index (χ4v) is 4.37. The van der Waals surface area contributed by atoms with Crippen molar-refractivity contribution in [2.75, 3.05) is 6.61 Å². The molecule has 1 spiro atoms. The summed E-state index contributed by atoms with van der Waals surface area (Å²) >= 11 is 0. The van der Waals surface area contributed by atoms with Gasteiger partial charge in [0.2, 0.25) is 5.91 Å². The molecule has 116 valence electrons. The number of amides is 1. The minimum absolute atomic E-state index is 0.0331. The molecule has 0 aromatic rings. The lowest BCUT2D eigenvalue weighted by Crippen LogP contribution is -2.57. The van der Waals surface area contributed by atoms with Gasteiger partial charge >= 0.3 is 5.97 Å². The van der Waals surface area contributed by atoms with Crippen LogP contribution in [0.25, 0.3) is 0 Å². The normalized spacial score (nSPS) is 40.4. The van der Waals surface area contributed by atoms with Gasteiger partial charge in [0.25, 0.3) is 0 Å². The smallest absolute Gasteiger partial charge is 0.306 e. The molecule has 1 atom stereocenters. The molecule has 4 rings (SSSR count). The number of carboxylic acids is 1. The Morgan fingerprint density at radius 1 is 1.10 bits per heavy atom. The van der Waals surface area contributed by atoms with Crippen LogP contribution in [0.3, 0.4) is 0 Å². The summed E-state index contributed by atoms with van der Waals surface area (Å²) in [5, 5.41) is 12.3. The average molecular weight is 293 g/mol. The van der Waals surface area contributed by atoms with Gasteiger partial charge in [0.15, 0.2) is 0 Å². The van der Waals surface area contributed by atoms with Crippen LogP contribution in [-0.2, 0) is 14.3 Å². The molecule has 5 nitrogen and oxygen atoms in total. The van der Waals surface area contributed by atoms with E-state index >= 15 is 0 Å². The molecule has 5 heteroatoms. The number of nitrogens with one attached hydrogen (secondary N) is 1. The van der Waals surface area contributed by atoms with Gasteiger partial charge < -0.3 is 15.2 Å². The summed E-state index contributed by atoms with van der Waals surface area (Å²) in [5.74, 6) is -0.103. The molecule has 1 saturated heterocycles. The molecule has 1 aliphatic heterocycles. The number of ether oxygens (including phenoxy) is 1. The SMILES string of the molecule is O=C(O)C1CC2(CC(NC(=O)C3(C4CC4)CC3)CCO2)C1. The summed E-state index contributed by atoms with van der Waals surface area (Å²) < 4.78 is 5.84. The zero-order valence-electron chi connectivity index (χ0n) is 12.3. The van der Waals surface area contributed by atoms with Gasteiger partial charge in [-0.15, -0.1) is 0 Å². The van der Waals surface area contributed by atoms with Crippen molar-refractivity contribution in [3.63, 3.8) is 0 Å². The molecule has 0 aromatic heterocycles. The van der Waals surface area contributed by atoms with Crippen LogP contribution in [0.4, 0.5) is 0 Å². The minimum Gasteiger partial charge on any atom is -0.481 e. The van der Waals surface area contributed by atoms with Crippen LogP contribution < -0.4 is 5.32 Å². The fourth-order valence-electron chi connectivity index (χ4n) is 4.37. The van der Waals surface area contributed by atoms with E-state index < -0.39 is 5.97 Å². The van der Waals surface area contributed by atoms with Gasteiger partial charge in [-0.2, -0.15) is 0 Å². The summed E-state index contributed by atoms with van der Waals surface area (Å²) in [6.45, 7) is 0.633. The largest absolute Gasteiger partial charge is 0.481 e. The van der Waals surface area contributed by atoms with E-state index in [1.54, 1.807) is 0 Å². The molecule has 4 aliphatic rings. The van der Waals surface area contributed by atoms with Crippen molar-refractivity contribution in [1.82, 2.24) is 5.32 Å². The zero-order valence-corrected chi connectivity index (χ0v) is 12.3. The van der Waals surface area contributed by atoms with Crippen molar-refractivity contribution >= 4 is 11.9 Å². The first-order chi connectivity index (χ1) is 10.0. The van der Waals surface area contributed by atoms with Gasteiger partial charge in [0.05, 0.1) is 16.9 Å². The molecule has 4 fully saturated rings. The standard InChI is InChI=1S/C16H23NO4/c18-13(19)10-7-15(8-10)9-12(3-6-21-15)17-14(20)16(4-5-16)11-1-2-11/h10-12H,1-9H2,(H,17,20)(H,18,19). The van der Waals surface area contributed by atoms with Crippen molar-refractivity contribution in [3.05, 3.63) is 0 Å². The van der Waals surface area contributed by atoms with Gasteiger partial charge in [-0.1, -0.05) is 0 Å². The third-order valence-corrected chi connectivity index (χ3v) is 6.01. The number of hydrogen-bond donors (Lipinski definition) is 2. The fraction of sp³-hybridized carbons (Fsp3) is 0.875. The zero-order chi connectivity index (χ0) is 14.7. The van der Waals surface area contributed by atoms with Crippen molar-refractivity contribution < 1.29 is 19.4 Å².